The first kappa shape index (κ1) is 17.4. The first-order chi connectivity index (χ1) is 13.0. The fourth-order valence-corrected chi connectivity index (χ4v) is 3.05. The molecule has 3 aromatic heterocycles. The fraction of sp³-hybridized carbons (Fsp3) is 0.118. The molecule has 0 spiro atoms. The number of aryl methyl sites for hydroxylation is 1. The van der Waals surface area contributed by atoms with Gasteiger partial charge in [-0.15, -0.1) is 5.10 Å². The normalized spacial score (nSPS) is 11.1. The van der Waals surface area contributed by atoms with Gasteiger partial charge >= 0.3 is 5.97 Å². The number of fused-ring (bicyclic) bond motifs is 1. The van der Waals surface area contributed by atoms with Crippen molar-refractivity contribution in [3.63, 3.8) is 0 Å². The molecule has 0 bridgehead atoms. The lowest BCUT2D eigenvalue weighted by Crippen LogP contribution is -2.11. The first-order valence-corrected chi connectivity index (χ1v) is 8.61. The van der Waals surface area contributed by atoms with Gasteiger partial charge in [-0.3, -0.25) is 0 Å². The second kappa shape index (κ2) is 6.98. The topological polar surface area (TPSA) is 87.2 Å². The van der Waals surface area contributed by atoms with Crippen molar-refractivity contribution >= 4 is 34.8 Å². The minimum atomic E-state index is -0.517. The number of carbonyl (C=O) groups excluding carboxylic acids is 1. The summed E-state index contributed by atoms with van der Waals surface area (Å²) in [6.07, 6.45) is 4.72. The van der Waals surface area contributed by atoms with Crippen LogP contribution >= 0.6 is 23.2 Å². The molecule has 0 aliphatic carbocycles. The van der Waals surface area contributed by atoms with E-state index in [1.807, 2.05) is 0 Å². The van der Waals surface area contributed by atoms with Gasteiger partial charge < -0.3 is 4.74 Å². The molecular formula is C17H12Cl2N6O2. The van der Waals surface area contributed by atoms with E-state index in [4.69, 9.17) is 27.9 Å². The molecule has 8 nitrogen and oxygen atoms in total. The van der Waals surface area contributed by atoms with E-state index >= 15 is 0 Å². The highest BCUT2D eigenvalue weighted by Crippen LogP contribution is 2.23. The summed E-state index contributed by atoms with van der Waals surface area (Å²) in [5.74, 6) is -0.517. The number of hydrogen-bond donors (Lipinski definition) is 0. The molecule has 0 atom stereocenters. The number of rotatable bonds is 4. The Balaban J connectivity index is 1.49. The molecule has 136 valence electrons. The Morgan fingerprint density at radius 2 is 2.11 bits per heavy atom. The van der Waals surface area contributed by atoms with Crippen molar-refractivity contribution in [2.75, 3.05) is 0 Å². The number of carbonyl (C=O) groups is 1. The van der Waals surface area contributed by atoms with Crippen molar-refractivity contribution < 1.29 is 9.53 Å². The van der Waals surface area contributed by atoms with Crippen LogP contribution in [0, 0.1) is 6.92 Å². The quantitative estimate of drug-likeness (QED) is 0.486. The smallest absolute Gasteiger partial charge is 0.341 e. The SMILES string of the molecule is Cc1c(C(=O)OCc2cn(-c3ccc(Cl)cc3Cl)nn2)cnc2ccnn12. The Morgan fingerprint density at radius 1 is 1.26 bits per heavy atom. The average molecular weight is 403 g/mol. The van der Waals surface area contributed by atoms with E-state index in [1.165, 1.54) is 10.9 Å². The van der Waals surface area contributed by atoms with Crippen LogP contribution in [0.4, 0.5) is 0 Å². The van der Waals surface area contributed by atoms with Crippen molar-refractivity contribution in [3.8, 4) is 5.69 Å². The van der Waals surface area contributed by atoms with Crippen molar-refractivity contribution in [1.29, 1.82) is 0 Å². The molecular weight excluding hydrogens is 391 g/mol. The van der Waals surface area contributed by atoms with Crippen LogP contribution in [0.15, 0.2) is 42.9 Å². The Hall–Kier alpha value is -2.97. The van der Waals surface area contributed by atoms with E-state index in [9.17, 15) is 4.79 Å². The molecule has 10 heteroatoms. The van der Waals surface area contributed by atoms with E-state index < -0.39 is 5.97 Å². The zero-order valence-electron chi connectivity index (χ0n) is 14.0. The van der Waals surface area contributed by atoms with Gasteiger partial charge in [-0.25, -0.2) is 19.0 Å². The Kier molecular flexibility index (Phi) is 4.51. The molecule has 0 fully saturated rings. The maximum absolute atomic E-state index is 12.4. The van der Waals surface area contributed by atoms with Gasteiger partial charge in [0.05, 0.1) is 34.4 Å². The highest BCUT2D eigenvalue weighted by atomic mass is 35.5. The summed E-state index contributed by atoms with van der Waals surface area (Å²) in [5.41, 5.74) is 2.73. The van der Waals surface area contributed by atoms with Gasteiger partial charge in [0, 0.05) is 17.3 Å². The van der Waals surface area contributed by atoms with Crippen LogP contribution in [0.2, 0.25) is 10.0 Å². The zero-order chi connectivity index (χ0) is 19.0. The largest absolute Gasteiger partial charge is 0.455 e. The number of nitrogens with zero attached hydrogens (tertiary/aromatic N) is 6. The second-order valence-corrected chi connectivity index (χ2v) is 6.53. The van der Waals surface area contributed by atoms with E-state index in [2.05, 4.69) is 20.4 Å². The molecule has 0 aliphatic rings. The van der Waals surface area contributed by atoms with Crippen LogP contribution < -0.4 is 0 Å². The maximum Gasteiger partial charge on any atom is 0.341 e. The predicted molar refractivity (Wildman–Crippen MR) is 98.2 cm³/mol. The van der Waals surface area contributed by atoms with Gasteiger partial charge in [-0.2, -0.15) is 5.10 Å². The van der Waals surface area contributed by atoms with Crippen molar-refractivity contribution in [3.05, 3.63) is 69.9 Å². The molecule has 0 saturated heterocycles. The molecule has 0 saturated carbocycles. The molecule has 0 aliphatic heterocycles. The van der Waals surface area contributed by atoms with E-state index in [-0.39, 0.29) is 6.61 Å². The number of esters is 1. The summed E-state index contributed by atoms with van der Waals surface area (Å²) in [6, 6.07) is 6.79. The first-order valence-electron chi connectivity index (χ1n) is 7.86. The van der Waals surface area contributed by atoms with E-state index in [0.29, 0.717) is 38.3 Å². The molecule has 0 unspecified atom stereocenters. The molecule has 1 aromatic carbocycles. The lowest BCUT2D eigenvalue weighted by molar-refractivity contribution is 0.0465. The van der Waals surface area contributed by atoms with Crippen LogP contribution in [0.3, 0.4) is 0 Å². The highest BCUT2D eigenvalue weighted by molar-refractivity contribution is 6.35. The monoisotopic (exact) mass is 402 g/mol. The summed E-state index contributed by atoms with van der Waals surface area (Å²) in [5, 5.41) is 13.1. The molecule has 4 aromatic rings. The summed E-state index contributed by atoms with van der Waals surface area (Å²) in [4.78, 5) is 16.6. The van der Waals surface area contributed by atoms with Gasteiger partial charge in [-0.05, 0) is 25.1 Å². The molecule has 0 amide bonds. The standard InChI is InChI=1S/C17H12Cl2N6O2/c1-10-13(7-20-16-4-5-21-25(10)16)17(26)27-9-12-8-24(23-22-12)15-3-2-11(18)6-14(15)19/h2-8H,9H2,1H3. The van der Waals surface area contributed by atoms with Crippen LogP contribution in [-0.2, 0) is 11.3 Å². The van der Waals surface area contributed by atoms with Gasteiger partial charge in [0.2, 0.25) is 0 Å². The Labute approximate surface area is 163 Å². The van der Waals surface area contributed by atoms with Crippen LogP contribution in [0.1, 0.15) is 21.7 Å². The third-order valence-corrected chi connectivity index (χ3v) is 4.46. The lowest BCUT2D eigenvalue weighted by Gasteiger charge is -2.06. The third kappa shape index (κ3) is 3.36. The summed E-state index contributed by atoms with van der Waals surface area (Å²) >= 11 is 12.1. The summed E-state index contributed by atoms with van der Waals surface area (Å²) in [7, 11) is 0. The number of hydrogen-bond acceptors (Lipinski definition) is 6. The number of halogens is 2. The number of benzene rings is 1. The zero-order valence-corrected chi connectivity index (χ0v) is 15.5. The lowest BCUT2D eigenvalue weighted by atomic mass is 10.2. The fourth-order valence-electron chi connectivity index (χ4n) is 2.56. The number of ether oxygens (including phenoxy) is 1. The molecule has 0 N–H and O–H groups in total. The van der Waals surface area contributed by atoms with Gasteiger partial charge in [0.1, 0.15) is 12.3 Å². The van der Waals surface area contributed by atoms with Gasteiger partial charge in [-0.1, -0.05) is 28.4 Å². The maximum atomic E-state index is 12.4. The van der Waals surface area contributed by atoms with Crippen molar-refractivity contribution in [2.45, 2.75) is 13.5 Å². The minimum Gasteiger partial charge on any atom is -0.455 e. The average Bonchev–Trinajstić information content (AvgIpc) is 3.29. The van der Waals surface area contributed by atoms with E-state index in [1.54, 1.807) is 48.1 Å². The Bertz CT molecular complexity index is 1150. The van der Waals surface area contributed by atoms with Crippen LogP contribution in [0.25, 0.3) is 11.3 Å². The number of aromatic nitrogens is 6. The van der Waals surface area contributed by atoms with Crippen LogP contribution in [-0.4, -0.2) is 35.6 Å². The van der Waals surface area contributed by atoms with Crippen LogP contribution in [0.5, 0.6) is 0 Å². The summed E-state index contributed by atoms with van der Waals surface area (Å²) in [6.45, 7) is 1.73. The van der Waals surface area contributed by atoms with Crippen molar-refractivity contribution in [2.24, 2.45) is 0 Å². The van der Waals surface area contributed by atoms with Gasteiger partial charge in [0.15, 0.2) is 5.65 Å². The molecule has 0 radical (unpaired) electrons. The summed E-state index contributed by atoms with van der Waals surface area (Å²) < 4.78 is 8.40. The second-order valence-electron chi connectivity index (χ2n) is 5.68. The van der Waals surface area contributed by atoms with E-state index in [0.717, 1.165) is 0 Å². The predicted octanol–water partition coefficient (Wildman–Crippen LogP) is 3.28. The Morgan fingerprint density at radius 3 is 2.93 bits per heavy atom. The minimum absolute atomic E-state index is 0.0410. The molecule has 4 rings (SSSR count). The highest BCUT2D eigenvalue weighted by Gasteiger charge is 2.16. The van der Waals surface area contributed by atoms with Crippen molar-refractivity contribution in [1.82, 2.24) is 29.6 Å². The third-order valence-electron chi connectivity index (χ3n) is 3.92. The van der Waals surface area contributed by atoms with Gasteiger partial charge in [0.25, 0.3) is 0 Å². The molecule has 27 heavy (non-hydrogen) atoms. The molecule has 3 heterocycles.